The number of hydrogen-bond acceptors (Lipinski definition) is 7. The van der Waals surface area contributed by atoms with Crippen LogP contribution in [0.25, 0.3) is 10.8 Å². The first-order valence-electron chi connectivity index (χ1n) is 7.50. The van der Waals surface area contributed by atoms with Crippen LogP contribution < -0.4 is 5.32 Å². The molecule has 1 aromatic carbocycles. The summed E-state index contributed by atoms with van der Waals surface area (Å²) >= 11 is 1.45. The van der Waals surface area contributed by atoms with Crippen LogP contribution in [0.3, 0.4) is 0 Å². The molecule has 9 heteroatoms. The smallest absolute Gasteiger partial charge is 0.322 e. The zero-order valence-corrected chi connectivity index (χ0v) is 14.7. The maximum Gasteiger partial charge on any atom is 0.322 e. The summed E-state index contributed by atoms with van der Waals surface area (Å²) in [5.74, 6) is -0.143. The molecule has 0 unspecified atom stereocenters. The maximum absolute atomic E-state index is 12.1. The highest BCUT2D eigenvalue weighted by molar-refractivity contribution is 7.91. The van der Waals surface area contributed by atoms with Gasteiger partial charge in [0.1, 0.15) is 0 Å². The van der Waals surface area contributed by atoms with Crippen molar-refractivity contribution in [2.45, 2.75) is 17.7 Å². The van der Waals surface area contributed by atoms with Crippen molar-refractivity contribution in [3.05, 3.63) is 47.8 Å². The molecule has 25 heavy (non-hydrogen) atoms. The van der Waals surface area contributed by atoms with E-state index in [0.717, 1.165) is 4.88 Å². The van der Waals surface area contributed by atoms with E-state index in [-0.39, 0.29) is 35.4 Å². The van der Waals surface area contributed by atoms with Gasteiger partial charge in [0.15, 0.2) is 9.84 Å². The van der Waals surface area contributed by atoms with Gasteiger partial charge in [0.05, 0.1) is 15.5 Å². The lowest BCUT2D eigenvalue weighted by Crippen LogP contribution is -2.14. The molecule has 0 saturated heterocycles. The number of aromatic nitrogens is 2. The Kier molecular flexibility index (Phi) is 5.25. The molecule has 2 aromatic heterocycles. The van der Waals surface area contributed by atoms with Crippen molar-refractivity contribution in [1.29, 1.82) is 0 Å². The van der Waals surface area contributed by atoms with E-state index in [4.69, 9.17) is 4.42 Å². The molecule has 1 amide bonds. The van der Waals surface area contributed by atoms with Crippen LogP contribution in [0.1, 0.15) is 12.8 Å². The molecule has 2 heterocycles. The highest BCUT2D eigenvalue weighted by Gasteiger charge is 2.16. The zero-order chi connectivity index (χ0) is 17.7. The third kappa shape index (κ3) is 4.52. The van der Waals surface area contributed by atoms with Crippen molar-refractivity contribution in [2.24, 2.45) is 0 Å². The molecule has 0 bridgehead atoms. The summed E-state index contributed by atoms with van der Waals surface area (Å²) in [6.07, 6.45) is 0.248. The van der Waals surface area contributed by atoms with Crippen LogP contribution in [0.15, 0.2) is 57.2 Å². The lowest BCUT2D eigenvalue weighted by atomic mass is 10.3. The van der Waals surface area contributed by atoms with Crippen molar-refractivity contribution in [2.75, 3.05) is 11.1 Å². The van der Waals surface area contributed by atoms with E-state index >= 15 is 0 Å². The Hall–Kier alpha value is -2.52. The Morgan fingerprint density at radius 2 is 1.92 bits per heavy atom. The van der Waals surface area contributed by atoms with Gasteiger partial charge in [-0.3, -0.25) is 10.1 Å². The van der Waals surface area contributed by atoms with E-state index in [2.05, 4.69) is 15.5 Å². The molecule has 0 atom stereocenters. The molecular formula is C16H15N3O4S2. The third-order valence-corrected chi connectivity index (χ3v) is 6.00. The van der Waals surface area contributed by atoms with E-state index in [9.17, 15) is 13.2 Å². The van der Waals surface area contributed by atoms with Crippen molar-refractivity contribution in [3.63, 3.8) is 0 Å². The van der Waals surface area contributed by atoms with Crippen LogP contribution in [0.2, 0.25) is 0 Å². The molecular weight excluding hydrogens is 362 g/mol. The number of carbonyl (C=O) groups excluding carboxylic acids is 1. The van der Waals surface area contributed by atoms with Gasteiger partial charge in [0.2, 0.25) is 5.91 Å². The number of benzene rings is 1. The van der Waals surface area contributed by atoms with Crippen LogP contribution in [0.5, 0.6) is 0 Å². The van der Waals surface area contributed by atoms with Crippen LogP contribution in [0, 0.1) is 0 Å². The lowest BCUT2D eigenvalue weighted by Gasteiger charge is -2.04. The van der Waals surface area contributed by atoms with Crippen molar-refractivity contribution < 1.29 is 17.6 Å². The number of amides is 1. The normalized spacial score (nSPS) is 11.4. The van der Waals surface area contributed by atoms with Crippen molar-refractivity contribution in [3.8, 4) is 10.8 Å². The van der Waals surface area contributed by atoms with Gasteiger partial charge in [0, 0.05) is 6.42 Å². The third-order valence-electron chi connectivity index (χ3n) is 3.32. The minimum Gasteiger partial charge on any atom is -0.402 e. The number of thiophene rings is 1. The Morgan fingerprint density at radius 1 is 1.12 bits per heavy atom. The molecule has 7 nitrogen and oxygen atoms in total. The number of sulfone groups is 1. The van der Waals surface area contributed by atoms with Crippen LogP contribution in [-0.2, 0) is 14.6 Å². The minimum absolute atomic E-state index is 0.000633. The fourth-order valence-electron chi connectivity index (χ4n) is 2.12. The second kappa shape index (κ2) is 7.58. The lowest BCUT2D eigenvalue weighted by molar-refractivity contribution is -0.116. The molecule has 3 aromatic rings. The van der Waals surface area contributed by atoms with Gasteiger partial charge < -0.3 is 4.42 Å². The second-order valence-electron chi connectivity index (χ2n) is 5.17. The first-order valence-corrected chi connectivity index (χ1v) is 10.0. The van der Waals surface area contributed by atoms with Crippen LogP contribution >= 0.6 is 11.3 Å². The van der Waals surface area contributed by atoms with E-state index in [1.54, 1.807) is 30.3 Å². The topological polar surface area (TPSA) is 102 Å². The monoisotopic (exact) mass is 377 g/mol. The van der Waals surface area contributed by atoms with Gasteiger partial charge in [-0.15, -0.1) is 16.4 Å². The van der Waals surface area contributed by atoms with Gasteiger partial charge in [-0.2, -0.15) is 0 Å². The fourth-order valence-corrected chi connectivity index (χ4v) is 4.10. The molecule has 0 aliphatic heterocycles. The largest absolute Gasteiger partial charge is 0.402 e. The van der Waals surface area contributed by atoms with E-state index in [0.29, 0.717) is 5.89 Å². The standard InChI is InChI=1S/C16H15N3O4S2/c20-14(9-5-11-25(21,22)12-6-2-1-3-7-12)17-16-19-18-15(23-16)13-8-4-10-24-13/h1-4,6-8,10H,5,9,11H2,(H,17,19,20). The SMILES string of the molecule is O=C(CCCS(=O)(=O)c1ccccc1)Nc1nnc(-c2cccs2)o1. The minimum atomic E-state index is -3.38. The Morgan fingerprint density at radius 3 is 2.64 bits per heavy atom. The molecule has 0 spiro atoms. The van der Waals surface area contributed by atoms with Crippen LogP contribution in [-0.4, -0.2) is 30.3 Å². The molecule has 3 rings (SSSR count). The number of anilines is 1. The number of hydrogen-bond donors (Lipinski definition) is 1. The highest BCUT2D eigenvalue weighted by Crippen LogP contribution is 2.24. The van der Waals surface area contributed by atoms with Gasteiger partial charge in [-0.25, -0.2) is 8.42 Å². The summed E-state index contributed by atoms with van der Waals surface area (Å²) in [4.78, 5) is 13.0. The molecule has 0 aliphatic rings. The number of rotatable bonds is 7. The Balaban J connectivity index is 1.50. The van der Waals surface area contributed by atoms with Crippen LogP contribution in [0.4, 0.5) is 6.01 Å². The van der Waals surface area contributed by atoms with Gasteiger partial charge in [-0.05, 0) is 30.0 Å². The average molecular weight is 377 g/mol. The first kappa shape index (κ1) is 17.3. The quantitative estimate of drug-likeness (QED) is 0.679. The summed E-state index contributed by atoms with van der Waals surface area (Å²) < 4.78 is 29.6. The predicted octanol–water partition coefficient (Wildman–Crippen LogP) is 2.99. The maximum atomic E-state index is 12.1. The van der Waals surface area contributed by atoms with E-state index < -0.39 is 9.84 Å². The molecule has 0 saturated carbocycles. The summed E-state index contributed by atoms with van der Waals surface area (Å²) in [5.41, 5.74) is 0. The van der Waals surface area contributed by atoms with E-state index in [1.807, 2.05) is 17.5 Å². The Bertz CT molecular complexity index is 935. The van der Waals surface area contributed by atoms with Gasteiger partial charge in [-0.1, -0.05) is 29.4 Å². The van der Waals surface area contributed by atoms with Crippen molar-refractivity contribution in [1.82, 2.24) is 10.2 Å². The first-order chi connectivity index (χ1) is 12.0. The summed E-state index contributed by atoms with van der Waals surface area (Å²) in [7, 11) is -3.38. The van der Waals surface area contributed by atoms with Gasteiger partial charge in [0.25, 0.3) is 5.89 Å². The van der Waals surface area contributed by atoms with Crippen molar-refractivity contribution >= 4 is 33.1 Å². The summed E-state index contributed by atoms with van der Waals surface area (Å²) in [6.45, 7) is 0. The zero-order valence-electron chi connectivity index (χ0n) is 13.1. The predicted molar refractivity (Wildman–Crippen MR) is 94.0 cm³/mol. The Labute approximate surface area is 148 Å². The van der Waals surface area contributed by atoms with E-state index in [1.165, 1.54) is 11.3 Å². The molecule has 0 aliphatic carbocycles. The second-order valence-corrected chi connectivity index (χ2v) is 8.23. The average Bonchev–Trinajstić information content (AvgIpc) is 3.27. The molecule has 0 fully saturated rings. The molecule has 0 radical (unpaired) electrons. The molecule has 130 valence electrons. The molecule has 1 N–H and O–H groups in total. The summed E-state index contributed by atoms with van der Waals surface area (Å²) in [5, 5.41) is 12.0. The van der Waals surface area contributed by atoms with Gasteiger partial charge >= 0.3 is 6.01 Å². The summed E-state index contributed by atoms with van der Waals surface area (Å²) in [6, 6.07) is 11.9. The fraction of sp³-hybridized carbons (Fsp3) is 0.188. The number of nitrogens with one attached hydrogen (secondary N) is 1. The number of carbonyl (C=O) groups is 1. The highest BCUT2D eigenvalue weighted by atomic mass is 32.2. The number of nitrogens with zero attached hydrogens (tertiary/aromatic N) is 2.